The first-order valence-corrected chi connectivity index (χ1v) is 12.2. The summed E-state index contributed by atoms with van der Waals surface area (Å²) >= 11 is 0. The van der Waals surface area contributed by atoms with Gasteiger partial charge in [-0.1, -0.05) is 66.2 Å². The van der Waals surface area contributed by atoms with Gasteiger partial charge in [-0.2, -0.15) is 0 Å². The van der Waals surface area contributed by atoms with Gasteiger partial charge in [0.15, 0.2) is 5.60 Å². The molecule has 1 unspecified atom stereocenters. The SMILES string of the molecule is COc1ccc(C2(c3ccc(C)cc3)C=Cc3c(cc(N4CCOCC4)c4ccccc34)O2)cc1. The highest BCUT2D eigenvalue weighted by atomic mass is 16.5. The number of aryl methyl sites for hydroxylation is 1. The van der Waals surface area contributed by atoms with Crippen molar-refractivity contribution in [1.29, 1.82) is 0 Å². The fourth-order valence-corrected chi connectivity index (χ4v) is 5.20. The van der Waals surface area contributed by atoms with Crippen LogP contribution >= 0.6 is 0 Å². The van der Waals surface area contributed by atoms with Crippen LogP contribution in [-0.2, 0) is 10.3 Å². The molecule has 0 amide bonds. The normalized spacial score (nSPS) is 19.3. The highest BCUT2D eigenvalue weighted by Crippen LogP contribution is 2.47. The molecular formula is C31H29NO3. The zero-order valence-electron chi connectivity index (χ0n) is 20.2. The van der Waals surface area contributed by atoms with Crippen molar-refractivity contribution in [3.63, 3.8) is 0 Å². The van der Waals surface area contributed by atoms with Crippen molar-refractivity contribution >= 4 is 22.5 Å². The molecule has 1 saturated heterocycles. The summed E-state index contributed by atoms with van der Waals surface area (Å²) in [4.78, 5) is 2.41. The molecule has 1 atom stereocenters. The average molecular weight is 464 g/mol. The number of nitrogens with zero attached hydrogens (tertiary/aromatic N) is 1. The smallest absolute Gasteiger partial charge is 0.178 e. The Labute approximate surface area is 206 Å². The van der Waals surface area contributed by atoms with E-state index in [2.05, 4.69) is 90.7 Å². The highest BCUT2D eigenvalue weighted by Gasteiger charge is 2.38. The van der Waals surface area contributed by atoms with Gasteiger partial charge >= 0.3 is 0 Å². The van der Waals surface area contributed by atoms with Gasteiger partial charge in [-0.15, -0.1) is 0 Å². The van der Waals surface area contributed by atoms with Crippen molar-refractivity contribution in [1.82, 2.24) is 0 Å². The first-order chi connectivity index (χ1) is 17.2. The molecule has 4 nitrogen and oxygen atoms in total. The van der Waals surface area contributed by atoms with Crippen LogP contribution in [0, 0.1) is 6.92 Å². The van der Waals surface area contributed by atoms with E-state index in [4.69, 9.17) is 14.2 Å². The van der Waals surface area contributed by atoms with Gasteiger partial charge in [-0.25, -0.2) is 0 Å². The van der Waals surface area contributed by atoms with Crippen LogP contribution in [0.2, 0.25) is 0 Å². The van der Waals surface area contributed by atoms with E-state index in [1.807, 2.05) is 12.1 Å². The summed E-state index contributed by atoms with van der Waals surface area (Å²) in [6.45, 7) is 5.34. The summed E-state index contributed by atoms with van der Waals surface area (Å²) in [7, 11) is 1.69. The minimum Gasteiger partial charge on any atom is -0.497 e. The van der Waals surface area contributed by atoms with Crippen molar-refractivity contribution in [2.75, 3.05) is 38.3 Å². The molecule has 0 aromatic heterocycles. The lowest BCUT2D eigenvalue weighted by molar-refractivity contribution is 0.122. The number of morpholine rings is 1. The van der Waals surface area contributed by atoms with E-state index in [-0.39, 0.29) is 0 Å². The quantitative estimate of drug-likeness (QED) is 0.353. The number of hydrogen-bond acceptors (Lipinski definition) is 4. The first-order valence-electron chi connectivity index (χ1n) is 12.2. The van der Waals surface area contributed by atoms with Crippen LogP contribution in [0.5, 0.6) is 11.5 Å². The number of ether oxygens (including phenoxy) is 3. The topological polar surface area (TPSA) is 30.9 Å². The fraction of sp³-hybridized carbons (Fsp3) is 0.226. The second-order valence-electron chi connectivity index (χ2n) is 9.22. The summed E-state index contributed by atoms with van der Waals surface area (Å²) in [6, 6.07) is 27.6. The van der Waals surface area contributed by atoms with E-state index in [1.54, 1.807) is 7.11 Å². The molecule has 0 bridgehead atoms. The summed E-state index contributed by atoms with van der Waals surface area (Å²) < 4.78 is 18.1. The number of methoxy groups -OCH3 is 1. The van der Waals surface area contributed by atoms with E-state index in [9.17, 15) is 0 Å². The molecule has 0 saturated carbocycles. The van der Waals surface area contributed by atoms with Crippen molar-refractivity contribution in [2.24, 2.45) is 0 Å². The summed E-state index contributed by atoms with van der Waals surface area (Å²) in [5, 5.41) is 2.45. The molecule has 4 heteroatoms. The van der Waals surface area contributed by atoms with Gasteiger partial charge in [0, 0.05) is 46.9 Å². The fourth-order valence-electron chi connectivity index (χ4n) is 5.20. The zero-order chi connectivity index (χ0) is 23.8. The minimum atomic E-state index is -0.738. The highest BCUT2D eigenvalue weighted by molar-refractivity contribution is 6.02. The molecule has 0 N–H and O–H groups in total. The predicted octanol–water partition coefficient (Wildman–Crippen LogP) is 6.34. The first kappa shape index (κ1) is 21.8. The van der Waals surface area contributed by atoms with E-state index >= 15 is 0 Å². The standard InChI is InChI=1S/C31H29NO3/c1-22-7-9-23(10-8-22)31(24-11-13-25(33-2)14-12-24)16-15-28-26-5-3-4-6-27(26)29(21-30(28)35-31)32-17-19-34-20-18-32/h3-16,21H,17-20H2,1-2H3. The Morgan fingerprint density at radius 2 is 1.49 bits per heavy atom. The van der Waals surface area contributed by atoms with Crippen molar-refractivity contribution < 1.29 is 14.2 Å². The monoisotopic (exact) mass is 463 g/mol. The molecule has 2 aliphatic rings. The Morgan fingerprint density at radius 3 is 2.17 bits per heavy atom. The van der Waals surface area contributed by atoms with Crippen LogP contribution < -0.4 is 14.4 Å². The summed E-state index contributed by atoms with van der Waals surface area (Å²) in [5.41, 5.74) is 4.96. The molecule has 4 aromatic carbocycles. The van der Waals surface area contributed by atoms with E-state index in [0.717, 1.165) is 54.5 Å². The van der Waals surface area contributed by atoms with Gasteiger partial charge in [0.1, 0.15) is 11.5 Å². The third-order valence-electron chi connectivity index (χ3n) is 7.13. The van der Waals surface area contributed by atoms with Gasteiger partial charge in [0.05, 0.1) is 20.3 Å². The Bertz CT molecular complexity index is 1390. The van der Waals surface area contributed by atoms with Crippen LogP contribution in [0.15, 0.2) is 84.9 Å². The molecule has 0 radical (unpaired) electrons. The van der Waals surface area contributed by atoms with Gasteiger partial charge < -0.3 is 19.1 Å². The van der Waals surface area contributed by atoms with Crippen LogP contribution in [0.4, 0.5) is 5.69 Å². The molecule has 0 aliphatic carbocycles. The van der Waals surface area contributed by atoms with E-state index in [0.29, 0.717) is 0 Å². The van der Waals surface area contributed by atoms with E-state index < -0.39 is 5.60 Å². The molecule has 1 fully saturated rings. The lowest BCUT2D eigenvalue weighted by Crippen LogP contribution is -2.37. The Morgan fingerprint density at radius 1 is 0.829 bits per heavy atom. The second-order valence-corrected chi connectivity index (χ2v) is 9.22. The molecule has 0 spiro atoms. The summed E-state index contributed by atoms with van der Waals surface area (Å²) in [5.74, 6) is 1.72. The molecule has 176 valence electrons. The number of rotatable bonds is 4. The zero-order valence-corrected chi connectivity index (χ0v) is 20.2. The maximum absolute atomic E-state index is 7.06. The van der Waals surface area contributed by atoms with Gasteiger partial charge in [-0.05, 0) is 36.6 Å². The predicted molar refractivity (Wildman–Crippen MR) is 142 cm³/mol. The largest absolute Gasteiger partial charge is 0.497 e. The van der Waals surface area contributed by atoms with Gasteiger partial charge in [0.25, 0.3) is 0 Å². The maximum Gasteiger partial charge on any atom is 0.178 e. The van der Waals surface area contributed by atoms with Crippen molar-refractivity contribution in [2.45, 2.75) is 12.5 Å². The van der Waals surface area contributed by atoms with Crippen molar-refractivity contribution in [3.8, 4) is 11.5 Å². The lowest BCUT2D eigenvalue weighted by atomic mass is 9.82. The third kappa shape index (κ3) is 3.75. The maximum atomic E-state index is 7.06. The molecule has 4 aromatic rings. The van der Waals surface area contributed by atoms with Crippen LogP contribution in [0.25, 0.3) is 16.8 Å². The minimum absolute atomic E-state index is 0.738. The average Bonchev–Trinajstić information content (AvgIpc) is 2.93. The lowest BCUT2D eigenvalue weighted by Gasteiger charge is -2.38. The number of hydrogen-bond donors (Lipinski definition) is 0. The Hall–Kier alpha value is -3.76. The summed E-state index contributed by atoms with van der Waals surface area (Å²) in [6.07, 6.45) is 4.43. The van der Waals surface area contributed by atoms with E-state index in [1.165, 1.54) is 22.0 Å². The Kier molecular flexibility index (Phi) is 5.46. The number of benzene rings is 4. The molecule has 2 heterocycles. The van der Waals surface area contributed by atoms with Crippen LogP contribution in [-0.4, -0.2) is 33.4 Å². The molecular weight excluding hydrogens is 434 g/mol. The molecule has 2 aliphatic heterocycles. The van der Waals surface area contributed by atoms with Crippen LogP contribution in [0.1, 0.15) is 22.3 Å². The number of fused-ring (bicyclic) bond motifs is 3. The molecule has 35 heavy (non-hydrogen) atoms. The molecule has 6 rings (SSSR count). The number of anilines is 1. The second kappa shape index (κ2) is 8.79. The van der Waals surface area contributed by atoms with Crippen LogP contribution in [0.3, 0.4) is 0 Å². The Balaban J connectivity index is 1.54. The third-order valence-corrected chi connectivity index (χ3v) is 7.13. The van der Waals surface area contributed by atoms with Crippen molar-refractivity contribution in [3.05, 3.63) is 107 Å². The van der Waals surface area contributed by atoms with Gasteiger partial charge in [0.2, 0.25) is 0 Å². The van der Waals surface area contributed by atoms with Gasteiger partial charge in [-0.3, -0.25) is 0 Å².